The van der Waals surface area contributed by atoms with Crippen molar-refractivity contribution in [3.63, 3.8) is 0 Å². The molecule has 2 rings (SSSR count). The Labute approximate surface area is 151 Å². The maximum Gasteiger partial charge on any atom is 0.0861 e. The molecule has 0 radical (unpaired) electrons. The Morgan fingerprint density at radius 3 is 1.32 bits per heavy atom. The minimum Gasteiger partial charge on any atom is -1.00 e. The van der Waals surface area contributed by atoms with Crippen molar-refractivity contribution in [3.05, 3.63) is 0 Å². The second-order valence-electron chi connectivity index (χ2n) is 7.30. The zero-order chi connectivity index (χ0) is 14.8. The molecule has 0 aliphatic carbocycles. The lowest BCUT2D eigenvalue weighted by atomic mass is 9.97. The van der Waals surface area contributed by atoms with Crippen molar-refractivity contribution in [2.45, 2.75) is 116 Å². The summed E-state index contributed by atoms with van der Waals surface area (Å²) in [6.45, 7) is 9.27. The summed E-state index contributed by atoms with van der Waals surface area (Å²) in [6, 6.07) is 3.69. The highest BCUT2D eigenvalue weighted by molar-refractivity contribution is 4.62. The lowest BCUT2D eigenvalue weighted by Gasteiger charge is -2.24. The maximum absolute atomic E-state index is 2.56. The summed E-state index contributed by atoms with van der Waals surface area (Å²) in [7, 11) is 0. The summed E-state index contributed by atoms with van der Waals surface area (Å²) in [5, 5.41) is 5.12. The largest absolute Gasteiger partial charge is 1.00 e. The molecule has 0 bridgehead atoms. The van der Waals surface area contributed by atoms with Crippen molar-refractivity contribution in [3.8, 4) is 0 Å². The minimum atomic E-state index is 0. The molecule has 2 aliphatic rings. The molecule has 0 amide bonds. The fourth-order valence-corrected chi connectivity index (χ4v) is 3.94. The highest BCUT2D eigenvalue weighted by Gasteiger charge is 2.20. The fraction of sp³-hybridized carbons (Fsp3) is 1.00. The first-order chi connectivity index (χ1) is 9.65. The predicted molar refractivity (Wildman–Crippen MR) is 87.9 cm³/mol. The molecule has 0 spiro atoms. The Bertz CT molecular complexity index is 211. The van der Waals surface area contributed by atoms with Gasteiger partial charge in [-0.05, 0) is 65.2 Å². The molecule has 0 aromatic carbocycles. The monoisotopic (exact) mass is 354 g/mol. The van der Waals surface area contributed by atoms with Crippen LogP contribution in [0.25, 0.3) is 0 Å². The van der Waals surface area contributed by atoms with Crippen LogP contribution in [0.4, 0.5) is 0 Å². The molecule has 4 N–H and O–H groups in total. The first kappa shape index (κ1) is 24.7. The van der Waals surface area contributed by atoms with E-state index < -0.39 is 0 Å². The van der Waals surface area contributed by atoms with Crippen molar-refractivity contribution in [2.24, 2.45) is 0 Å². The minimum absolute atomic E-state index is 0. The van der Waals surface area contributed by atoms with E-state index in [1.165, 1.54) is 64.2 Å². The van der Waals surface area contributed by atoms with Crippen molar-refractivity contribution in [1.82, 2.24) is 0 Å². The van der Waals surface area contributed by atoms with Gasteiger partial charge in [0.2, 0.25) is 0 Å². The summed E-state index contributed by atoms with van der Waals surface area (Å²) in [4.78, 5) is 0. The Balaban J connectivity index is 0. The fourth-order valence-electron chi connectivity index (χ4n) is 3.94. The maximum atomic E-state index is 2.56. The molecule has 2 nitrogen and oxygen atoms in total. The van der Waals surface area contributed by atoms with Crippen LogP contribution in [0.2, 0.25) is 0 Å². The Morgan fingerprint density at radius 1 is 0.682 bits per heavy atom. The van der Waals surface area contributed by atoms with E-state index in [1.807, 2.05) is 0 Å². The molecule has 2 saturated heterocycles. The molecule has 4 heteroatoms. The Morgan fingerprint density at radius 2 is 1.05 bits per heavy atom. The van der Waals surface area contributed by atoms with Gasteiger partial charge in [-0.1, -0.05) is 26.7 Å². The van der Waals surface area contributed by atoms with Gasteiger partial charge in [0.15, 0.2) is 0 Å². The van der Waals surface area contributed by atoms with Gasteiger partial charge in [-0.25, -0.2) is 0 Å². The van der Waals surface area contributed by atoms with E-state index in [9.17, 15) is 0 Å². The normalized spacial score (nSPS) is 31.1. The van der Waals surface area contributed by atoms with Crippen LogP contribution in [0.15, 0.2) is 0 Å². The van der Waals surface area contributed by atoms with Crippen LogP contribution in [0.1, 0.15) is 91.9 Å². The summed E-state index contributed by atoms with van der Waals surface area (Å²) in [5.41, 5.74) is 0. The second kappa shape index (κ2) is 15.1. The van der Waals surface area contributed by atoms with Crippen LogP contribution < -0.4 is 35.4 Å². The zero-order valence-corrected chi connectivity index (χ0v) is 16.8. The molecule has 4 atom stereocenters. The van der Waals surface area contributed by atoms with Crippen LogP contribution in [0, 0.1) is 0 Å². The van der Waals surface area contributed by atoms with Gasteiger partial charge in [0, 0.05) is 0 Å². The predicted octanol–water partition coefficient (Wildman–Crippen LogP) is -3.41. The van der Waals surface area contributed by atoms with Gasteiger partial charge < -0.3 is 35.4 Å². The molecule has 2 fully saturated rings. The van der Waals surface area contributed by atoms with E-state index >= 15 is 0 Å². The van der Waals surface area contributed by atoms with E-state index in [-0.39, 0.29) is 24.8 Å². The van der Waals surface area contributed by atoms with E-state index in [4.69, 9.17) is 0 Å². The number of piperidine rings is 2. The van der Waals surface area contributed by atoms with Crippen LogP contribution in [-0.2, 0) is 0 Å². The average Bonchev–Trinajstić information content (AvgIpc) is 2.40. The van der Waals surface area contributed by atoms with E-state index in [0.717, 1.165) is 24.2 Å². The number of halogens is 2. The molecule has 0 saturated carbocycles. The molecular weight excluding hydrogens is 315 g/mol. The van der Waals surface area contributed by atoms with Crippen LogP contribution in [0.5, 0.6) is 0 Å². The van der Waals surface area contributed by atoms with Crippen molar-refractivity contribution < 1.29 is 35.4 Å². The first-order valence-electron chi connectivity index (χ1n) is 9.35. The Kier molecular flexibility index (Phi) is 16.9. The van der Waals surface area contributed by atoms with Gasteiger partial charge in [-0.2, -0.15) is 0 Å². The first-order valence-corrected chi connectivity index (χ1v) is 9.35. The van der Waals surface area contributed by atoms with Crippen molar-refractivity contribution >= 4 is 0 Å². The smallest absolute Gasteiger partial charge is 0.0861 e. The molecular formula is C18H40Cl2N2. The van der Waals surface area contributed by atoms with Gasteiger partial charge in [-0.3, -0.25) is 0 Å². The van der Waals surface area contributed by atoms with Gasteiger partial charge in [-0.15, -0.1) is 0 Å². The van der Waals surface area contributed by atoms with Gasteiger partial charge in [0.05, 0.1) is 24.2 Å². The number of rotatable bonds is 4. The number of hydrogen-bond acceptors (Lipinski definition) is 0. The number of nitrogens with two attached hydrogens (primary N) is 2. The summed E-state index contributed by atoms with van der Waals surface area (Å²) in [6.07, 6.45) is 14.2. The molecule has 2 heterocycles. The Hall–Kier alpha value is 0.500. The molecule has 0 unspecified atom stereocenters. The van der Waals surface area contributed by atoms with Crippen molar-refractivity contribution in [1.29, 1.82) is 0 Å². The standard InChI is InChI=1S/2C9H19N.2ClH/c2*1-3-5-9-7-4-6-8(2)10-9;;/h2*8-10H,3-7H2,1-2H3;2*1H/t2*8-,9-;;/m00../s1. The molecule has 136 valence electrons. The third-order valence-corrected chi connectivity index (χ3v) is 4.99. The molecule has 22 heavy (non-hydrogen) atoms. The van der Waals surface area contributed by atoms with Crippen molar-refractivity contribution in [2.75, 3.05) is 0 Å². The third kappa shape index (κ3) is 11.1. The summed E-state index contributed by atoms with van der Waals surface area (Å²) < 4.78 is 0. The van der Waals surface area contributed by atoms with Gasteiger partial charge >= 0.3 is 0 Å². The highest BCUT2D eigenvalue weighted by Crippen LogP contribution is 2.10. The van der Waals surface area contributed by atoms with E-state index in [2.05, 4.69) is 38.3 Å². The highest BCUT2D eigenvalue weighted by atomic mass is 35.5. The zero-order valence-electron chi connectivity index (χ0n) is 15.3. The molecule has 2 aliphatic heterocycles. The molecule has 0 aromatic heterocycles. The third-order valence-electron chi connectivity index (χ3n) is 4.99. The van der Waals surface area contributed by atoms with E-state index in [0.29, 0.717) is 0 Å². The number of quaternary nitrogens is 2. The van der Waals surface area contributed by atoms with Gasteiger partial charge in [0.1, 0.15) is 0 Å². The number of hydrogen-bond donors (Lipinski definition) is 2. The lowest BCUT2D eigenvalue weighted by Crippen LogP contribution is -3.00. The quantitative estimate of drug-likeness (QED) is 0.527. The topological polar surface area (TPSA) is 33.2 Å². The summed E-state index contributed by atoms with van der Waals surface area (Å²) >= 11 is 0. The van der Waals surface area contributed by atoms with Crippen LogP contribution in [-0.4, -0.2) is 24.2 Å². The van der Waals surface area contributed by atoms with Crippen LogP contribution >= 0.6 is 0 Å². The average molecular weight is 355 g/mol. The second-order valence-corrected chi connectivity index (χ2v) is 7.30. The van der Waals surface area contributed by atoms with Crippen LogP contribution in [0.3, 0.4) is 0 Å². The SMILES string of the molecule is CCC[C@H]1CCC[C@H](C)[NH2+]1.CCC[C@H]1CCC[C@H](C)[NH2+]1.[Cl-].[Cl-]. The lowest BCUT2D eigenvalue weighted by molar-refractivity contribution is -0.727. The molecule has 0 aromatic rings. The summed E-state index contributed by atoms with van der Waals surface area (Å²) in [5.74, 6) is 0. The van der Waals surface area contributed by atoms with E-state index in [1.54, 1.807) is 0 Å². The van der Waals surface area contributed by atoms with Gasteiger partial charge in [0.25, 0.3) is 0 Å².